The Morgan fingerprint density at radius 3 is 1.43 bits per heavy atom. The predicted octanol–water partition coefficient (Wildman–Crippen LogP) is 6.70. The van der Waals surface area contributed by atoms with Crippen molar-refractivity contribution in [3.8, 4) is 22.8 Å². The van der Waals surface area contributed by atoms with Crippen molar-refractivity contribution >= 4 is 0 Å². The van der Waals surface area contributed by atoms with Crippen LogP contribution in [0.25, 0.3) is 22.8 Å². The van der Waals surface area contributed by atoms with Gasteiger partial charge in [0.2, 0.25) is 0 Å². The van der Waals surface area contributed by atoms with Crippen molar-refractivity contribution in [2.45, 2.75) is 26.7 Å². The molecule has 0 bridgehead atoms. The summed E-state index contributed by atoms with van der Waals surface area (Å²) in [4.78, 5) is 19.2. The summed E-state index contributed by atoms with van der Waals surface area (Å²) < 4.78 is 0. The molecule has 0 spiro atoms. The Kier molecular flexibility index (Phi) is 7.63. The number of hydrogen-bond acceptors (Lipinski definition) is 4. The predicted molar refractivity (Wildman–Crippen MR) is 137 cm³/mol. The number of aromatic nitrogens is 4. The van der Waals surface area contributed by atoms with Crippen molar-refractivity contribution in [1.29, 1.82) is 0 Å². The van der Waals surface area contributed by atoms with Gasteiger partial charge < -0.3 is 0 Å². The first-order valence-corrected chi connectivity index (χ1v) is 11.4. The summed E-state index contributed by atoms with van der Waals surface area (Å²) in [6.45, 7) is 6.49. The third-order valence-electron chi connectivity index (χ3n) is 6.01. The van der Waals surface area contributed by atoms with Crippen LogP contribution >= 0.6 is 0 Å². The molecule has 4 heterocycles. The summed E-state index contributed by atoms with van der Waals surface area (Å²) in [6.07, 6.45) is 3.60. The van der Waals surface area contributed by atoms with Crippen molar-refractivity contribution < 1.29 is 21.1 Å². The van der Waals surface area contributed by atoms with Gasteiger partial charge in [0, 0.05) is 33.5 Å². The van der Waals surface area contributed by atoms with Gasteiger partial charge in [0.1, 0.15) is 0 Å². The van der Waals surface area contributed by atoms with Gasteiger partial charge in [-0.1, -0.05) is 42.0 Å². The van der Waals surface area contributed by atoms with Gasteiger partial charge in [0.15, 0.2) is 0 Å². The molecule has 1 aromatic carbocycles. The smallest absolute Gasteiger partial charge is 0.0889 e. The van der Waals surface area contributed by atoms with Crippen LogP contribution in [0.2, 0.25) is 0 Å². The van der Waals surface area contributed by atoms with E-state index in [2.05, 4.69) is 67.1 Å². The van der Waals surface area contributed by atoms with Gasteiger partial charge in [-0.3, -0.25) is 19.9 Å². The average Bonchev–Trinajstić information content (AvgIpc) is 2.87. The Bertz CT molecular complexity index is 1330. The minimum Gasteiger partial charge on any atom is -0.255 e. The zero-order valence-corrected chi connectivity index (χ0v) is 22.2. The van der Waals surface area contributed by atoms with Gasteiger partial charge in [-0.05, 0) is 86.0 Å². The quantitative estimate of drug-likeness (QED) is 0.215. The van der Waals surface area contributed by atoms with E-state index in [0.29, 0.717) is 0 Å². The van der Waals surface area contributed by atoms with Crippen molar-refractivity contribution in [2.24, 2.45) is 0 Å². The van der Waals surface area contributed by atoms with Crippen LogP contribution in [0.4, 0.5) is 0 Å². The van der Waals surface area contributed by atoms with E-state index in [-0.39, 0.29) is 27.0 Å². The molecular formula is C30H26N4Pt. The van der Waals surface area contributed by atoms with E-state index >= 15 is 0 Å². The van der Waals surface area contributed by atoms with Crippen molar-refractivity contribution in [1.82, 2.24) is 19.9 Å². The fraction of sp³-hybridized carbons (Fsp3) is 0.133. The second-order valence-corrected chi connectivity index (χ2v) is 8.57. The SMILES string of the molecule is Cc1cc(C)c(C(c2cccc(-c3ccccn3)n2)c2cccc(-c3ccccn3)n2)c(C)c1.[Pt]. The molecule has 0 aliphatic carbocycles. The van der Waals surface area contributed by atoms with Crippen LogP contribution in [-0.4, -0.2) is 19.9 Å². The molecule has 176 valence electrons. The molecule has 5 rings (SSSR count). The van der Waals surface area contributed by atoms with E-state index in [1.54, 1.807) is 12.4 Å². The first kappa shape index (κ1) is 24.6. The maximum atomic E-state index is 5.09. The summed E-state index contributed by atoms with van der Waals surface area (Å²) in [5.74, 6) is -0.118. The summed E-state index contributed by atoms with van der Waals surface area (Å²) in [5.41, 5.74) is 10.3. The van der Waals surface area contributed by atoms with Gasteiger partial charge in [-0.2, -0.15) is 0 Å². The van der Waals surface area contributed by atoms with Crippen LogP contribution in [-0.2, 0) is 21.1 Å². The molecule has 0 radical (unpaired) electrons. The molecule has 0 atom stereocenters. The van der Waals surface area contributed by atoms with Crippen LogP contribution in [0.5, 0.6) is 0 Å². The maximum Gasteiger partial charge on any atom is 0.0889 e. The molecule has 4 aromatic heterocycles. The Hall–Kier alpha value is -3.49. The molecule has 0 amide bonds. The standard InChI is InChI=1S/C30H26N4.Pt/c1-20-18-21(2)29(22(3)19-20)30(27-14-8-12-25(33-27)23-10-4-6-16-31-23)28-15-9-13-26(34-28)24-11-5-7-17-32-24;/h4-19,30H,1-3H3;. The first-order valence-electron chi connectivity index (χ1n) is 11.4. The molecule has 0 aliphatic rings. The number of benzene rings is 1. The van der Waals surface area contributed by atoms with E-state index < -0.39 is 0 Å². The maximum absolute atomic E-state index is 5.09. The molecule has 0 unspecified atom stereocenters. The molecule has 35 heavy (non-hydrogen) atoms. The topological polar surface area (TPSA) is 51.6 Å². The Morgan fingerprint density at radius 1 is 0.543 bits per heavy atom. The van der Waals surface area contributed by atoms with Crippen molar-refractivity contribution in [3.63, 3.8) is 0 Å². The van der Waals surface area contributed by atoms with Crippen LogP contribution in [0, 0.1) is 20.8 Å². The van der Waals surface area contributed by atoms with Crippen molar-refractivity contribution in [2.75, 3.05) is 0 Å². The summed E-state index contributed by atoms with van der Waals surface area (Å²) in [5, 5.41) is 0. The van der Waals surface area contributed by atoms with E-state index in [1.165, 1.54) is 22.3 Å². The normalized spacial score (nSPS) is 10.7. The minimum atomic E-state index is -0.118. The van der Waals surface area contributed by atoms with Gasteiger partial charge in [-0.15, -0.1) is 0 Å². The van der Waals surface area contributed by atoms with Crippen LogP contribution < -0.4 is 0 Å². The Balaban J connectivity index is 0.00000289. The minimum absolute atomic E-state index is 0. The number of rotatable bonds is 5. The van der Waals surface area contributed by atoms with Crippen LogP contribution in [0.1, 0.15) is 39.6 Å². The molecule has 0 saturated carbocycles. The average molecular weight is 638 g/mol. The molecular weight excluding hydrogens is 611 g/mol. The first-order chi connectivity index (χ1) is 16.6. The van der Waals surface area contributed by atoms with Gasteiger partial charge >= 0.3 is 0 Å². The number of pyridine rings is 4. The zero-order valence-electron chi connectivity index (χ0n) is 19.9. The summed E-state index contributed by atoms with van der Waals surface area (Å²) in [6, 6.07) is 28.6. The molecule has 4 nitrogen and oxygen atoms in total. The molecule has 0 aliphatic heterocycles. The molecule has 5 heteroatoms. The number of aryl methyl sites for hydroxylation is 3. The molecule has 0 N–H and O–H groups in total. The monoisotopic (exact) mass is 637 g/mol. The summed E-state index contributed by atoms with van der Waals surface area (Å²) >= 11 is 0. The van der Waals surface area contributed by atoms with E-state index in [1.807, 2.05) is 48.5 Å². The van der Waals surface area contributed by atoms with Crippen molar-refractivity contribution in [3.05, 3.63) is 131 Å². The largest absolute Gasteiger partial charge is 0.255 e. The number of hydrogen-bond donors (Lipinski definition) is 0. The Morgan fingerprint density at radius 2 is 1.00 bits per heavy atom. The zero-order chi connectivity index (χ0) is 23.5. The van der Waals surface area contributed by atoms with Crippen LogP contribution in [0.3, 0.4) is 0 Å². The second-order valence-electron chi connectivity index (χ2n) is 8.57. The third-order valence-corrected chi connectivity index (χ3v) is 6.01. The van der Waals surface area contributed by atoms with E-state index in [4.69, 9.17) is 9.97 Å². The van der Waals surface area contributed by atoms with Gasteiger partial charge in [0.05, 0.1) is 40.1 Å². The second kappa shape index (κ2) is 10.8. The Labute approximate surface area is 220 Å². The van der Waals surface area contributed by atoms with Gasteiger partial charge in [0.25, 0.3) is 0 Å². The fourth-order valence-electron chi connectivity index (χ4n) is 4.63. The fourth-order valence-corrected chi connectivity index (χ4v) is 4.63. The molecule has 0 saturated heterocycles. The van der Waals surface area contributed by atoms with E-state index in [0.717, 1.165) is 34.2 Å². The van der Waals surface area contributed by atoms with Crippen LogP contribution in [0.15, 0.2) is 97.3 Å². The third kappa shape index (κ3) is 5.28. The van der Waals surface area contributed by atoms with Gasteiger partial charge in [-0.25, -0.2) is 0 Å². The molecule has 5 aromatic rings. The van der Waals surface area contributed by atoms with E-state index in [9.17, 15) is 0 Å². The summed E-state index contributed by atoms with van der Waals surface area (Å²) in [7, 11) is 0. The number of nitrogens with zero attached hydrogens (tertiary/aromatic N) is 4. The molecule has 0 fully saturated rings.